The summed E-state index contributed by atoms with van der Waals surface area (Å²) in [5.41, 5.74) is 2.42. The smallest absolute Gasteiger partial charge is 0.139 e. The lowest BCUT2D eigenvalue weighted by Gasteiger charge is -2.05. The molecule has 0 atom stereocenters. The molecule has 0 aliphatic carbocycles. The van der Waals surface area contributed by atoms with Crippen LogP contribution in [0.1, 0.15) is 5.69 Å². The lowest BCUT2D eigenvalue weighted by Crippen LogP contribution is -2.12. The van der Waals surface area contributed by atoms with Gasteiger partial charge in [-0.1, -0.05) is 30.3 Å². The monoisotopic (exact) mass is 215 g/mol. The van der Waals surface area contributed by atoms with E-state index in [9.17, 15) is 0 Å². The van der Waals surface area contributed by atoms with E-state index in [-0.39, 0.29) is 0 Å². The Morgan fingerprint density at radius 3 is 2.69 bits per heavy atom. The molecule has 0 spiro atoms. The summed E-state index contributed by atoms with van der Waals surface area (Å²) in [6.07, 6.45) is 2.96. The van der Waals surface area contributed by atoms with Gasteiger partial charge in [-0.3, -0.25) is 0 Å². The molecule has 16 heavy (non-hydrogen) atoms. The highest BCUT2D eigenvalue weighted by Crippen LogP contribution is 2.17. The number of nitrogens with zero attached hydrogens (tertiary/aromatic N) is 2. The normalized spacial score (nSPS) is 10.6. The second-order valence-electron chi connectivity index (χ2n) is 3.85. The number of benzene rings is 1. The molecular weight excluding hydrogens is 198 g/mol. The molecule has 0 aliphatic rings. The molecule has 0 radical (unpaired) electrons. The van der Waals surface area contributed by atoms with Crippen LogP contribution in [0, 0.1) is 0 Å². The number of imidazole rings is 1. The molecule has 3 heteroatoms. The van der Waals surface area contributed by atoms with Crippen molar-refractivity contribution >= 4 is 0 Å². The number of hydrogen-bond acceptors (Lipinski definition) is 2. The average Bonchev–Trinajstić information content (AvgIpc) is 2.69. The van der Waals surface area contributed by atoms with Crippen molar-refractivity contribution in [3.8, 4) is 11.4 Å². The molecule has 84 valence electrons. The zero-order chi connectivity index (χ0) is 11.4. The molecule has 2 rings (SSSR count). The third-order valence-electron chi connectivity index (χ3n) is 2.75. The number of nitrogens with one attached hydrogen (secondary N) is 1. The minimum atomic E-state index is 0.980. The van der Waals surface area contributed by atoms with E-state index in [2.05, 4.69) is 34.0 Å². The lowest BCUT2D eigenvalue weighted by molar-refractivity contribution is 0.740. The van der Waals surface area contributed by atoms with Gasteiger partial charge < -0.3 is 9.88 Å². The maximum absolute atomic E-state index is 4.47. The third kappa shape index (κ3) is 2.14. The molecule has 1 aromatic carbocycles. The first-order chi connectivity index (χ1) is 7.83. The molecule has 1 N–H and O–H groups in total. The number of hydrogen-bond donors (Lipinski definition) is 1. The minimum Gasteiger partial charge on any atom is -0.331 e. The van der Waals surface area contributed by atoms with Crippen molar-refractivity contribution in [3.63, 3.8) is 0 Å². The van der Waals surface area contributed by atoms with Crippen molar-refractivity contribution in [1.29, 1.82) is 0 Å². The van der Waals surface area contributed by atoms with E-state index in [4.69, 9.17) is 0 Å². The van der Waals surface area contributed by atoms with E-state index in [0.29, 0.717) is 0 Å². The van der Waals surface area contributed by atoms with Crippen LogP contribution in [0.4, 0.5) is 0 Å². The van der Waals surface area contributed by atoms with Gasteiger partial charge in [0.15, 0.2) is 0 Å². The maximum Gasteiger partial charge on any atom is 0.139 e. The number of rotatable bonds is 4. The molecule has 0 amide bonds. The molecule has 0 saturated carbocycles. The van der Waals surface area contributed by atoms with Gasteiger partial charge in [0, 0.05) is 37.5 Å². The first kappa shape index (κ1) is 10.9. The number of aromatic nitrogens is 2. The topological polar surface area (TPSA) is 29.9 Å². The summed E-state index contributed by atoms with van der Waals surface area (Å²) < 4.78 is 2.16. The molecule has 0 saturated heterocycles. The van der Waals surface area contributed by atoms with Gasteiger partial charge in [0.05, 0.1) is 0 Å². The maximum atomic E-state index is 4.47. The minimum absolute atomic E-state index is 0.980. The largest absolute Gasteiger partial charge is 0.331 e. The lowest BCUT2D eigenvalue weighted by atomic mass is 10.2. The highest BCUT2D eigenvalue weighted by molar-refractivity contribution is 5.55. The predicted octanol–water partition coefficient (Wildman–Crippen LogP) is 1.85. The summed E-state index contributed by atoms with van der Waals surface area (Å²) in [5, 5.41) is 3.15. The molecule has 0 fully saturated rings. The molecule has 0 aliphatic heterocycles. The highest BCUT2D eigenvalue weighted by atomic mass is 15.1. The molecule has 0 bridgehead atoms. The van der Waals surface area contributed by atoms with Crippen molar-refractivity contribution < 1.29 is 0 Å². The zero-order valence-corrected chi connectivity index (χ0v) is 9.77. The van der Waals surface area contributed by atoms with Crippen LogP contribution >= 0.6 is 0 Å². The van der Waals surface area contributed by atoms with Gasteiger partial charge in [0.1, 0.15) is 5.82 Å². The van der Waals surface area contributed by atoms with Crippen molar-refractivity contribution in [2.45, 2.75) is 6.42 Å². The van der Waals surface area contributed by atoms with Crippen LogP contribution in [-0.4, -0.2) is 23.1 Å². The molecular formula is C13H17N3. The zero-order valence-electron chi connectivity index (χ0n) is 9.77. The van der Waals surface area contributed by atoms with E-state index in [1.807, 2.05) is 31.4 Å². The van der Waals surface area contributed by atoms with Gasteiger partial charge in [-0.05, 0) is 7.05 Å². The fourth-order valence-electron chi connectivity index (χ4n) is 1.79. The molecule has 1 aromatic heterocycles. The van der Waals surface area contributed by atoms with E-state index in [1.54, 1.807) is 0 Å². The van der Waals surface area contributed by atoms with Gasteiger partial charge in [0.25, 0.3) is 0 Å². The second-order valence-corrected chi connectivity index (χ2v) is 3.85. The Kier molecular flexibility index (Phi) is 3.37. The van der Waals surface area contributed by atoms with Crippen LogP contribution in [0.5, 0.6) is 0 Å². The standard InChI is InChI=1S/C13H17N3/c1-14-9-8-12-10-15-13(16(12)2)11-6-4-3-5-7-11/h3-7,10,14H,8-9H2,1-2H3. The fourth-order valence-corrected chi connectivity index (χ4v) is 1.79. The summed E-state index contributed by atoms with van der Waals surface area (Å²) in [7, 11) is 4.04. The summed E-state index contributed by atoms with van der Waals surface area (Å²) in [5.74, 6) is 1.03. The van der Waals surface area contributed by atoms with E-state index < -0.39 is 0 Å². The number of likely N-dealkylation sites (N-methyl/N-ethyl adjacent to an activating group) is 1. The average molecular weight is 215 g/mol. The van der Waals surface area contributed by atoms with Crippen LogP contribution < -0.4 is 5.32 Å². The van der Waals surface area contributed by atoms with Crippen LogP contribution in [0.2, 0.25) is 0 Å². The van der Waals surface area contributed by atoms with Gasteiger partial charge in [0.2, 0.25) is 0 Å². The Labute approximate surface area is 96.1 Å². The first-order valence-electron chi connectivity index (χ1n) is 5.53. The Bertz CT molecular complexity index is 445. The van der Waals surface area contributed by atoms with Crippen LogP contribution in [0.25, 0.3) is 11.4 Å². The molecule has 0 unspecified atom stereocenters. The molecule has 1 heterocycles. The van der Waals surface area contributed by atoms with E-state index in [1.165, 1.54) is 11.3 Å². The predicted molar refractivity (Wildman–Crippen MR) is 66.3 cm³/mol. The van der Waals surface area contributed by atoms with Crippen molar-refractivity contribution in [2.24, 2.45) is 7.05 Å². The SMILES string of the molecule is CNCCc1cnc(-c2ccccc2)n1C. The summed E-state index contributed by atoms with van der Waals surface area (Å²) in [6.45, 7) is 0.980. The summed E-state index contributed by atoms with van der Waals surface area (Å²) in [6, 6.07) is 10.3. The second kappa shape index (κ2) is 4.94. The van der Waals surface area contributed by atoms with Crippen molar-refractivity contribution in [3.05, 3.63) is 42.2 Å². The highest BCUT2D eigenvalue weighted by Gasteiger charge is 2.07. The van der Waals surface area contributed by atoms with Gasteiger partial charge >= 0.3 is 0 Å². The summed E-state index contributed by atoms with van der Waals surface area (Å²) in [4.78, 5) is 4.47. The van der Waals surface area contributed by atoms with E-state index >= 15 is 0 Å². The van der Waals surface area contributed by atoms with Crippen LogP contribution in [-0.2, 0) is 13.5 Å². The van der Waals surface area contributed by atoms with Gasteiger partial charge in [-0.15, -0.1) is 0 Å². The van der Waals surface area contributed by atoms with Crippen LogP contribution in [0.3, 0.4) is 0 Å². The quantitative estimate of drug-likeness (QED) is 0.843. The van der Waals surface area contributed by atoms with Gasteiger partial charge in [-0.2, -0.15) is 0 Å². The van der Waals surface area contributed by atoms with Crippen LogP contribution in [0.15, 0.2) is 36.5 Å². The van der Waals surface area contributed by atoms with Crippen molar-refractivity contribution in [1.82, 2.24) is 14.9 Å². The first-order valence-corrected chi connectivity index (χ1v) is 5.53. The molecule has 2 aromatic rings. The summed E-state index contributed by atoms with van der Waals surface area (Å²) >= 11 is 0. The Morgan fingerprint density at radius 1 is 1.25 bits per heavy atom. The third-order valence-corrected chi connectivity index (χ3v) is 2.75. The Balaban J connectivity index is 2.27. The Hall–Kier alpha value is -1.61. The van der Waals surface area contributed by atoms with Crippen molar-refractivity contribution in [2.75, 3.05) is 13.6 Å². The van der Waals surface area contributed by atoms with E-state index in [0.717, 1.165) is 18.8 Å². The van der Waals surface area contributed by atoms with Gasteiger partial charge in [-0.25, -0.2) is 4.98 Å². The molecule has 3 nitrogen and oxygen atoms in total. The fraction of sp³-hybridized carbons (Fsp3) is 0.308. The Morgan fingerprint density at radius 2 is 2.00 bits per heavy atom.